The van der Waals surface area contributed by atoms with Crippen LogP contribution in [-0.2, 0) is 11.3 Å². The molecular formula is C12H20N2O2. The average molecular weight is 224 g/mol. The van der Waals surface area contributed by atoms with Crippen LogP contribution in [0.5, 0.6) is 5.75 Å². The number of aromatic nitrogens is 2. The highest BCUT2D eigenvalue weighted by molar-refractivity contribution is 5.12. The lowest BCUT2D eigenvalue weighted by molar-refractivity contribution is 0.0209. The second-order valence-electron chi connectivity index (χ2n) is 4.30. The van der Waals surface area contributed by atoms with Crippen molar-refractivity contribution in [2.24, 2.45) is 0 Å². The van der Waals surface area contributed by atoms with E-state index in [-0.39, 0.29) is 6.10 Å². The van der Waals surface area contributed by atoms with Crippen molar-refractivity contribution in [1.82, 2.24) is 9.78 Å². The Bertz CT molecular complexity index is 325. The predicted molar refractivity (Wildman–Crippen MR) is 61.6 cm³/mol. The molecule has 0 saturated heterocycles. The lowest BCUT2D eigenvalue weighted by Gasteiger charge is -2.28. The molecule has 0 aromatic carbocycles. The van der Waals surface area contributed by atoms with Gasteiger partial charge in [0.25, 0.3) is 0 Å². The van der Waals surface area contributed by atoms with Crippen molar-refractivity contribution in [3.63, 3.8) is 0 Å². The van der Waals surface area contributed by atoms with Crippen LogP contribution in [-0.4, -0.2) is 29.1 Å². The standard InChI is InChI=1S/C12H20N2O2/c1-3-14-9-12(8-13-14)16-11-6-4-5-10(7-11)15-2/h8-11H,3-7H2,1-2H3. The summed E-state index contributed by atoms with van der Waals surface area (Å²) in [4.78, 5) is 0. The maximum atomic E-state index is 5.91. The van der Waals surface area contributed by atoms with Crippen LogP contribution in [0.2, 0.25) is 0 Å². The first-order valence-corrected chi connectivity index (χ1v) is 6.03. The molecule has 16 heavy (non-hydrogen) atoms. The molecule has 4 heteroatoms. The molecule has 4 nitrogen and oxygen atoms in total. The molecular weight excluding hydrogens is 204 g/mol. The van der Waals surface area contributed by atoms with Crippen molar-refractivity contribution >= 4 is 0 Å². The molecule has 90 valence electrons. The van der Waals surface area contributed by atoms with Crippen molar-refractivity contribution < 1.29 is 9.47 Å². The first-order chi connectivity index (χ1) is 7.81. The first-order valence-electron chi connectivity index (χ1n) is 6.03. The first kappa shape index (κ1) is 11.5. The van der Waals surface area contributed by atoms with Crippen LogP contribution >= 0.6 is 0 Å². The lowest BCUT2D eigenvalue weighted by Crippen LogP contribution is -2.29. The summed E-state index contributed by atoms with van der Waals surface area (Å²) in [7, 11) is 1.78. The molecule has 0 spiro atoms. The van der Waals surface area contributed by atoms with Crippen LogP contribution in [0.25, 0.3) is 0 Å². The van der Waals surface area contributed by atoms with Gasteiger partial charge in [0.15, 0.2) is 5.75 Å². The number of methoxy groups -OCH3 is 1. The third-order valence-corrected chi connectivity index (χ3v) is 3.15. The summed E-state index contributed by atoms with van der Waals surface area (Å²) in [6.45, 7) is 2.95. The highest BCUT2D eigenvalue weighted by atomic mass is 16.5. The molecule has 2 atom stereocenters. The van der Waals surface area contributed by atoms with Gasteiger partial charge in [-0.2, -0.15) is 5.10 Å². The molecule has 2 unspecified atom stereocenters. The number of aryl methyl sites for hydroxylation is 1. The fourth-order valence-electron chi connectivity index (χ4n) is 2.19. The Kier molecular flexibility index (Phi) is 3.83. The smallest absolute Gasteiger partial charge is 0.157 e. The Hall–Kier alpha value is -1.03. The SMILES string of the molecule is CCn1cc(OC2CCCC(OC)C2)cn1. The monoisotopic (exact) mass is 224 g/mol. The number of rotatable bonds is 4. The van der Waals surface area contributed by atoms with E-state index >= 15 is 0 Å². The normalized spacial score (nSPS) is 25.6. The van der Waals surface area contributed by atoms with Crippen molar-refractivity contribution in [3.05, 3.63) is 12.4 Å². The summed E-state index contributed by atoms with van der Waals surface area (Å²) in [5.41, 5.74) is 0. The van der Waals surface area contributed by atoms with E-state index < -0.39 is 0 Å². The Balaban J connectivity index is 1.88. The van der Waals surface area contributed by atoms with Gasteiger partial charge in [-0.05, 0) is 26.2 Å². The van der Waals surface area contributed by atoms with Crippen LogP contribution in [0.3, 0.4) is 0 Å². The second-order valence-corrected chi connectivity index (χ2v) is 4.30. The number of hydrogen-bond acceptors (Lipinski definition) is 3. The molecule has 1 aromatic heterocycles. The largest absolute Gasteiger partial charge is 0.487 e. The van der Waals surface area contributed by atoms with E-state index in [0.29, 0.717) is 6.10 Å². The van der Waals surface area contributed by atoms with E-state index in [4.69, 9.17) is 9.47 Å². The Morgan fingerprint density at radius 3 is 2.94 bits per heavy atom. The van der Waals surface area contributed by atoms with Crippen LogP contribution in [0.1, 0.15) is 32.6 Å². The maximum absolute atomic E-state index is 5.91. The summed E-state index contributed by atoms with van der Waals surface area (Å²) >= 11 is 0. The molecule has 1 saturated carbocycles. The van der Waals surface area contributed by atoms with Crippen LogP contribution in [0.15, 0.2) is 12.4 Å². The van der Waals surface area contributed by atoms with Crippen molar-refractivity contribution in [2.45, 2.75) is 51.4 Å². The van der Waals surface area contributed by atoms with Gasteiger partial charge < -0.3 is 9.47 Å². The van der Waals surface area contributed by atoms with Crippen molar-refractivity contribution in [3.8, 4) is 5.75 Å². The molecule has 1 fully saturated rings. The Morgan fingerprint density at radius 1 is 1.44 bits per heavy atom. The van der Waals surface area contributed by atoms with Crippen molar-refractivity contribution in [1.29, 1.82) is 0 Å². The molecule has 2 rings (SSSR count). The summed E-state index contributed by atoms with van der Waals surface area (Å²) < 4.78 is 13.2. The average Bonchev–Trinajstić information content (AvgIpc) is 2.77. The minimum Gasteiger partial charge on any atom is -0.487 e. The third kappa shape index (κ3) is 2.76. The molecule has 0 bridgehead atoms. The molecule has 0 radical (unpaired) electrons. The zero-order valence-corrected chi connectivity index (χ0v) is 10.1. The summed E-state index contributed by atoms with van der Waals surface area (Å²) in [6, 6.07) is 0. The van der Waals surface area contributed by atoms with Gasteiger partial charge in [0, 0.05) is 20.1 Å². The zero-order chi connectivity index (χ0) is 11.4. The highest BCUT2D eigenvalue weighted by Crippen LogP contribution is 2.24. The van der Waals surface area contributed by atoms with Gasteiger partial charge in [0.05, 0.1) is 18.5 Å². The molecule has 1 aliphatic rings. The fraction of sp³-hybridized carbons (Fsp3) is 0.750. The van der Waals surface area contributed by atoms with Crippen LogP contribution in [0.4, 0.5) is 0 Å². The molecule has 0 N–H and O–H groups in total. The van der Waals surface area contributed by atoms with E-state index in [2.05, 4.69) is 12.0 Å². The van der Waals surface area contributed by atoms with Gasteiger partial charge >= 0.3 is 0 Å². The molecule has 1 aliphatic carbocycles. The highest BCUT2D eigenvalue weighted by Gasteiger charge is 2.23. The third-order valence-electron chi connectivity index (χ3n) is 3.15. The predicted octanol–water partition coefficient (Wildman–Crippen LogP) is 2.24. The van der Waals surface area contributed by atoms with Gasteiger partial charge in [-0.15, -0.1) is 0 Å². The topological polar surface area (TPSA) is 36.3 Å². The van der Waals surface area contributed by atoms with Crippen LogP contribution in [0, 0.1) is 0 Å². The van der Waals surface area contributed by atoms with E-state index in [0.717, 1.165) is 31.6 Å². The van der Waals surface area contributed by atoms with E-state index in [1.165, 1.54) is 6.42 Å². The summed E-state index contributed by atoms with van der Waals surface area (Å²) in [5, 5.41) is 4.20. The minimum atomic E-state index is 0.285. The van der Waals surface area contributed by atoms with E-state index in [9.17, 15) is 0 Å². The summed E-state index contributed by atoms with van der Waals surface area (Å²) in [6.07, 6.45) is 8.85. The Labute approximate surface area is 96.5 Å². The van der Waals surface area contributed by atoms with Gasteiger partial charge in [-0.1, -0.05) is 0 Å². The quantitative estimate of drug-likeness (QED) is 0.787. The second kappa shape index (κ2) is 5.34. The van der Waals surface area contributed by atoms with Gasteiger partial charge in [-0.3, -0.25) is 4.68 Å². The molecule has 1 heterocycles. The summed E-state index contributed by atoms with van der Waals surface area (Å²) in [5.74, 6) is 0.878. The van der Waals surface area contributed by atoms with Crippen LogP contribution < -0.4 is 4.74 Å². The van der Waals surface area contributed by atoms with Gasteiger partial charge in [-0.25, -0.2) is 0 Å². The number of ether oxygens (including phenoxy) is 2. The van der Waals surface area contributed by atoms with Gasteiger partial charge in [0.1, 0.15) is 6.10 Å². The van der Waals surface area contributed by atoms with Crippen molar-refractivity contribution in [2.75, 3.05) is 7.11 Å². The molecule has 1 aromatic rings. The van der Waals surface area contributed by atoms with E-state index in [1.807, 2.05) is 10.9 Å². The minimum absolute atomic E-state index is 0.285. The van der Waals surface area contributed by atoms with Gasteiger partial charge in [0.2, 0.25) is 0 Å². The number of nitrogens with zero attached hydrogens (tertiary/aromatic N) is 2. The zero-order valence-electron chi connectivity index (χ0n) is 10.1. The molecule has 0 aliphatic heterocycles. The lowest BCUT2D eigenvalue weighted by atomic mass is 9.95. The van der Waals surface area contributed by atoms with E-state index in [1.54, 1.807) is 13.3 Å². The Morgan fingerprint density at radius 2 is 2.25 bits per heavy atom. The fourth-order valence-corrected chi connectivity index (χ4v) is 2.19. The maximum Gasteiger partial charge on any atom is 0.157 e. The molecule has 0 amide bonds. The number of hydrogen-bond donors (Lipinski definition) is 0.